The van der Waals surface area contributed by atoms with Gasteiger partial charge in [0.2, 0.25) is 0 Å². The Morgan fingerprint density at radius 1 is 0.750 bits per heavy atom. The average molecular weight is 250 g/mol. The molecule has 0 amide bonds. The summed E-state index contributed by atoms with van der Waals surface area (Å²) >= 11 is 0. The van der Waals surface area contributed by atoms with Crippen molar-refractivity contribution in [2.45, 2.75) is 79.3 Å². The molecule has 2 heteroatoms. The largest absolute Gasteiger partial charge is 0.312 e. The molecule has 0 aromatic rings. The molecule has 0 aliphatic carbocycles. The topological polar surface area (TPSA) is 12.0 Å². The van der Waals surface area contributed by atoms with Gasteiger partial charge in [0.25, 0.3) is 0 Å². The predicted octanol–water partition coefficient (Wildman–Crippen LogP) is 4.65. The van der Waals surface area contributed by atoms with Crippen LogP contribution in [-0.2, 0) is 0 Å². The molecule has 0 aliphatic heterocycles. The predicted molar refractivity (Wildman–Crippen MR) is 77.5 cm³/mol. The second-order valence-electron chi connectivity index (χ2n) is 5.92. The minimum atomic E-state index is 0. The maximum absolute atomic E-state index is 3.68. The minimum Gasteiger partial charge on any atom is -0.312 e. The molecule has 0 aromatic heterocycles. The van der Waals surface area contributed by atoms with Gasteiger partial charge in [-0.05, 0) is 38.5 Å². The van der Waals surface area contributed by atoms with Crippen LogP contribution < -0.4 is 5.32 Å². The molecule has 0 heterocycles. The summed E-state index contributed by atoms with van der Waals surface area (Å²) in [4.78, 5) is 0. The molecule has 1 nitrogen and oxygen atoms in total. The van der Waals surface area contributed by atoms with Crippen molar-refractivity contribution in [2.24, 2.45) is 11.8 Å². The first kappa shape index (κ1) is 18.6. The van der Waals surface area contributed by atoms with E-state index in [2.05, 4.69) is 46.9 Å². The normalized spacial score (nSPS) is 15.0. The number of halogens is 1. The molecule has 0 spiro atoms. The number of nitrogens with one attached hydrogen (secondary N) is 1. The van der Waals surface area contributed by atoms with Crippen molar-refractivity contribution >= 4 is 12.4 Å². The summed E-state index contributed by atoms with van der Waals surface area (Å²) in [6.07, 6.45) is 5.33. The first-order valence-electron chi connectivity index (χ1n) is 6.67. The van der Waals surface area contributed by atoms with Crippen molar-refractivity contribution in [3.63, 3.8) is 0 Å². The molecule has 16 heavy (non-hydrogen) atoms. The van der Waals surface area contributed by atoms with Gasteiger partial charge in [0.15, 0.2) is 0 Å². The molecule has 0 rings (SSSR count). The lowest BCUT2D eigenvalue weighted by molar-refractivity contribution is 0.377. The molecule has 0 aromatic carbocycles. The van der Waals surface area contributed by atoms with Crippen molar-refractivity contribution in [1.82, 2.24) is 5.32 Å². The van der Waals surface area contributed by atoms with Crippen LogP contribution in [0.5, 0.6) is 0 Å². The fraction of sp³-hybridized carbons (Fsp3) is 1.00. The van der Waals surface area contributed by atoms with Gasteiger partial charge >= 0.3 is 0 Å². The Bertz CT molecular complexity index is 146. The van der Waals surface area contributed by atoms with Gasteiger partial charge in [-0.3, -0.25) is 0 Å². The molecular weight excluding hydrogens is 218 g/mol. The minimum absolute atomic E-state index is 0. The molecule has 0 saturated heterocycles. The Balaban J connectivity index is 0. The first-order valence-corrected chi connectivity index (χ1v) is 6.67. The fourth-order valence-electron chi connectivity index (χ4n) is 2.18. The van der Waals surface area contributed by atoms with Crippen LogP contribution in [0.2, 0.25) is 0 Å². The number of hydrogen-bond acceptors (Lipinski definition) is 1. The summed E-state index contributed by atoms with van der Waals surface area (Å²) in [5.74, 6) is 1.65. The Kier molecular flexibility index (Phi) is 12.1. The van der Waals surface area contributed by atoms with Gasteiger partial charge in [0, 0.05) is 12.1 Å². The van der Waals surface area contributed by atoms with Crippen LogP contribution in [0.15, 0.2) is 0 Å². The van der Waals surface area contributed by atoms with Crippen molar-refractivity contribution < 1.29 is 0 Å². The lowest BCUT2D eigenvalue weighted by atomic mass is 10.0. The standard InChI is InChI=1S/C14H31N.ClH/c1-11(2)8-7-9-13(5)15-14(6)10-12(3)4;/h11-15H,7-10H2,1-6H3;1H. The third-order valence-corrected chi connectivity index (χ3v) is 2.81. The Morgan fingerprint density at radius 3 is 1.75 bits per heavy atom. The van der Waals surface area contributed by atoms with Crippen molar-refractivity contribution in [2.75, 3.05) is 0 Å². The SMILES string of the molecule is CC(C)CCCC(C)NC(C)CC(C)C.Cl. The highest BCUT2D eigenvalue weighted by Crippen LogP contribution is 2.10. The van der Waals surface area contributed by atoms with Crippen LogP contribution >= 0.6 is 12.4 Å². The van der Waals surface area contributed by atoms with E-state index in [0.717, 1.165) is 11.8 Å². The molecule has 0 fully saturated rings. The molecule has 0 saturated carbocycles. The van der Waals surface area contributed by atoms with Crippen LogP contribution in [0.25, 0.3) is 0 Å². The van der Waals surface area contributed by atoms with Crippen LogP contribution in [0, 0.1) is 11.8 Å². The van der Waals surface area contributed by atoms with Crippen LogP contribution in [0.1, 0.15) is 67.2 Å². The smallest absolute Gasteiger partial charge is 0.00436 e. The second kappa shape index (κ2) is 10.4. The van der Waals surface area contributed by atoms with Gasteiger partial charge in [-0.15, -0.1) is 12.4 Å². The highest BCUT2D eigenvalue weighted by molar-refractivity contribution is 5.85. The third-order valence-electron chi connectivity index (χ3n) is 2.81. The first-order chi connectivity index (χ1) is 6.91. The molecule has 100 valence electrons. The summed E-state index contributed by atoms with van der Waals surface area (Å²) in [6.45, 7) is 13.8. The Hall–Kier alpha value is 0.250. The molecule has 0 radical (unpaired) electrons. The summed E-state index contributed by atoms with van der Waals surface area (Å²) in [6, 6.07) is 1.34. The van der Waals surface area contributed by atoms with E-state index in [4.69, 9.17) is 0 Å². The molecular formula is C14H32ClN. The monoisotopic (exact) mass is 249 g/mol. The Labute approximate surface area is 109 Å². The number of hydrogen-bond donors (Lipinski definition) is 1. The fourth-order valence-corrected chi connectivity index (χ4v) is 2.18. The molecule has 2 unspecified atom stereocenters. The van der Waals surface area contributed by atoms with E-state index < -0.39 is 0 Å². The quantitative estimate of drug-likeness (QED) is 0.661. The summed E-state index contributed by atoms with van der Waals surface area (Å²) in [5.41, 5.74) is 0. The van der Waals surface area contributed by atoms with Crippen molar-refractivity contribution in [3.05, 3.63) is 0 Å². The van der Waals surface area contributed by atoms with Crippen molar-refractivity contribution in [3.8, 4) is 0 Å². The maximum atomic E-state index is 3.68. The van der Waals surface area contributed by atoms with E-state index in [1.807, 2.05) is 0 Å². The highest BCUT2D eigenvalue weighted by Gasteiger charge is 2.08. The van der Waals surface area contributed by atoms with Crippen molar-refractivity contribution in [1.29, 1.82) is 0 Å². The van der Waals surface area contributed by atoms with Gasteiger partial charge in [-0.2, -0.15) is 0 Å². The van der Waals surface area contributed by atoms with E-state index in [1.54, 1.807) is 0 Å². The van der Waals surface area contributed by atoms with Gasteiger partial charge in [-0.1, -0.05) is 40.5 Å². The summed E-state index contributed by atoms with van der Waals surface area (Å²) in [5, 5.41) is 3.68. The Morgan fingerprint density at radius 2 is 1.31 bits per heavy atom. The summed E-state index contributed by atoms with van der Waals surface area (Å²) in [7, 11) is 0. The van der Waals surface area contributed by atoms with Crippen LogP contribution in [0.4, 0.5) is 0 Å². The average Bonchev–Trinajstić information content (AvgIpc) is 2.00. The van der Waals surface area contributed by atoms with Gasteiger partial charge in [0.05, 0.1) is 0 Å². The van der Waals surface area contributed by atoms with E-state index in [-0.39, 0.29) is 12.4 Å². The van der Waals surface area contributed by atoms with E-state index in [1.165, 1.54) is 25.7 Å². The zero-order valence-electron chi connectivity index (χ0n) is 12.0. The molecule has 1 N–H and O–H groups in total. The molecule has 0 aliphatic rings. The zero-order chi connectivity index (χ0) is 11.8. The van der Waals surface area contributed by atoms with E-state index in [9.17, 15) is 0 Å². The molecule has 0 bridgehead atoms. The lowest BCUT2D eigenvalue weighted by Gasteiger charge is -2.21. The van der Waals surface area contributed by atoms with E-state index >= 15 is 0 Å². The highest BCUT2D eigenvalue weighted by atomic mass is 35.5. The molecule has 2 atom stereocenters. The van der Waals surface area contributed by atoms with Crippen LogP contribution in [-0.4, -0.2) is 12.1 Å². The van der Waals surface area contributed by atoms with Gasteiger partial charge < -0.3 is 5.32 Å². The van der Waals surface area contributed by atoms with Gasteiger partial charge in [-0.25, -0.2) is 0 Å². The second-order valence-corrected chi connectivity index (χ2v) is 5.92. The zero-order valence-corrected chi connectivity index (χ0v) is 12.9. The summed E-state index contributed by atoms with van der Waals surface area (Å²) < 4.78 is 0. The number of rotatable bonds is 8. The van der Waals surface area contributed by atoms with Crippen LogP contribution in [0.3, 0.4) is 0 Å². The lowest BCUT2D eigenvalue weighted by Crippen LogP contribution is -2.35. The van der Waals surface area contributed by atoms with Gasteiger partial charge in [0.1, 0.15) is 0 Å². The van der Waals surface area contributed by atoms with E-state index in [0.29, 0.717) is 12.1 Å². The maximum Gasteiger partial charge on any atom is 0.00436 e. The third kappa shape index (κ3) is 12.3.